The SMILES string of the molecule is COc1cc(-c2nc(C)c(C)[nH]2)ccc1O. The van der Waals surface area contributed by atoms with E-state index < -0.39 is 0 Å². The van der Waals surface area contributed by atoms with Crippen LogP contribution in [0.4, 0.5) is 0 Å². The molecule has 0 aliphatic heterocycles. The first-order chi connectivity index (χ1) is 7.61. The lowest BCUT2D eigenvalue weighted by Gasteiger charge is -2.04. The summed E-state index contributed by atoms with van der Waals surface area (Å²) in [6.07, 6.45) is 0. The largest absolute Gasteiger partial charge is 0.504 e. The van der Waals surface area contributed by atoms with Gasteiger partial charge >= 0.3 is 0 Å². The second kappa shape index (κ2) is 3.89. The number of aromatic amines is 1. The van der Waals surface area contributed by atoms with Gasteiger partial charge in [0.1, 0.15) is 5.82 Å². The Bertz CT molecular complexity index is 498. The lowest BCUT2D eigenvalue weighted by molar-refractivity contribution is 0.373. The highest BCUT2D eigenvalue weighted by molar-refractivity contribution is 5.61. The Labute approximate surface area is 93.9 Å². The predicted octanol–water partition coefficient (Wildman–Crippen LogP) is 2.41. The molecule has 0 amide bonds. The third-order valence-corrected chi connectivity index (χ3v) is 2.58. The van der Waals surface area contributed by atoms with E-state index in [9.17, 15) is 5.11 Å². The average molecular weight is 218 g/mol. The number of imidazole rings is 1. The van der Waals surface area contributed by atoms with Gasteiger partial charge in [-0.15, -0.1) is 0 Å². The number of aromatic nitrogens is 2. The lowest BCUT2D eigenvalue weighted by Crippen LogP contribution is -1.86. The molecule has 84 valence electrons. The van der Waals surface area contributed by atoms with Crippen molar-refractivity contribution >= 4 is 0 Å². The molecular formula is C12H14N2O2. The molecule has 0 atom stereocenters. The van der Waals surface area contributed by atoms with Crippen LogP contribution in [-0.4, -0.2) is 22.2 Å². The van der Waals surface area contributed by atoms with Gasteiger partial charge in [0.25, 0.3) is 0 Å². The maximum atomic E-state index is 9.49. The number of phenols is 1. The molecule has 0 spiro atoms. The summed E-state index contributed by atoms with van der Waals surface area (Å²) in [5.74, 6) is 1.36. The Morgan fingerprint density at radius 1 is 1.31 bits per heavy atom. The Balaban J connectivity index is 2.48. The molecule has 0 radical (unpaired) electrons. The van der Waals surface area contributed by atoms with Crippen LogP contribution in [-0.2, 0) is 0 Å². The monoisotopic (exact) mass is 218 g/mol. The number of nitrogens with zero attached hydrogens (tertiary/aromatic N) is 1. The molecule has 4 nitrogen and oxygen atoms in total. The second-order valence-electron chi connectivity index (χ2n) is 3.68. The van der Waals surface area contributed by atoms with Gasteiger partial charge in [-0.1, -0.05) is 0 Å². The molecule has 1 aromatic heterocycles. The zero-order chi connectivity index (χ0) is 11.7. The summed E-state index contributed by atoms with van der Waals surface area (Å²) in [6.45, 7) is 3.93. The van der Waals surface area contributed by atoms with Gasteiger partial charge in [-0.3, -0.25) is 0 Å². The van der Waals surface area contributed by atoms with Crippen molar-refractivity contribution in [1.29, 1.82) is 0 Å². The molecule has 0 saturated carbocycles. The molecule has 2 aromatic rings. The van der Waals surface area contributed by atoms with E-state index in [2.05, 4.69) is 9.97 Å². The molecule has 1 aromatic carbocycles. The standard InChI is InChI=1S/C12H14N2O2/c1-7-8(2)14-12(13-7)9-4-5-10(15)11(6-9)16-3/h4-6,15H,1-3H3,(H,13,14). The van der Waals surface area contributed by atoms with Crippen LogP contribution in [0.1, 0.15) is 11.4 Å². The van der Waals surface area contributed by atoms with Crippen LogP contribution >= 0.6 is 0 Å². The second-order valence-corrected chi connectivity index (χ2v) is 3.68. The van der Waals surface area contributed by atoms with Crippen molar-refractivity contribution in [3.05, 3.63) is 29.6 Å². The molecule has 0 unspecified atom stereocenters. The van der Waals surface area contributed by atoms with E-state index in [1.807, 2.05) is 13.8 Å². The van der Waals surface area contributed by atoms with Crippen molar-refractivity contribution in [3.8, 4) is 22.9 Å². The summed E-state index contributed by atoms with van der Waals surface area (Å²) >= 11 is 0. The number of hydrogen-bond donors (Lipinski definition) is 2. The molecule has 0 aliphatic carbocycles. The van der Waals surface area contributed by atoms with E-state index in [0.717, 1.165) is 22.8 Å². The van der Waals surface area contributed by atoms with Crippen molar-refractivity contribution in [2.24, 2.45) is 0 Å². The zero-order valence-corrected chi connectivity index (χ0v) is 9.53. The van der Waals surface area contributed by atoms with Crippen LogP contribution in [0.2, 0.25) is 0 Å². The van der Waals surface area contributed by atoms with Gasteiger partial charge in [-0.25, -0.2) is 4.98 Å². The van der Waals surface area contributed by atoms with Crippen molar-refractivity contribution in [2.45, 2.75) is 13.8 Å². The van der Waals surface area contributed by atoms with Gasteiger partial charge < -0.3 is 14.8 Å². The number of benzene rings is 1. The van der Waals surface area contributed by atoms with Gasteiger partial charge in [-0.2, -0.15) is 0 Å². The molecule has 0 aliphatic rings. The molecule has 0 bridgehead atoms. The summed E-state index contributed by atoms with van der Waals surface area (Å²) in [4.78, 5) is 7.58. The molecule has 16 heavy (non-hydrogen) atoms. The average Bonchev–Trinajstić information content (AvgIpc) is 2.60. The van der Waals surface area contributed by atoms with Crippen LogP contribution < -0.4 is 4.74 Å². The molecule has 4 heteroatoms. The Hall–Kier alpha value is -1.97. The van der Waals surface area contributed by atoms with E-state index >= 15 is 0 Å². The van der Waals surface area contributed by atoms with E-state index in [-0.39, 0.29) is 5.75 Å². The normalized spacial score (nSPS) is 10.4. The number of H-pyrrole nitrogens is 1. The summed E-state index contributed by atoms with van der Waals surface area (Å²) in [6, 6.07) is 5.16. The summed E-state index contributed by atoms with van der Waals surface area (Å²) < 4.78 is 5.05. The summed E-state index contributed by atoms with van der Waals surface area (Å²) in [7, 11) is 1.53. The first-order valence-electron chi connectivity index (χ1n) is 5.02. The number of aryl methyl sites for hydroxylation is 2. The zero-order valence-electron chi connectivity index (χ0n) is 9.53. The van der Waals surface area contributed by atoms with Crippen molar-refractivity contribution in [3.63, 3.8) is 0 Å². The van der Waals surface area contributed by atoms with Gasteiger partial charge in [0.15, 0.2) is 11.5 Å². The predicted molar refractivity (Wildman–Crippen MR) is 61.7 cm³/mol. The lowest BCUT2D eigenvalue weighted by atomic mass is 10.2. The first kappa shape index (κ1) is 10.5. The van der Waals surface area contributed by atoms with Crippen LogP contribution in [0.15, 0.2) is 18.2 Å². The van der Waals surface area contributed by atoms with Gasteiger partial charge in [0.2, 0.25) is 0 Å². The highest BCUT2D eigenvalue weighted by Crippen LogP contribution is 2.30. The van der Waals surface area contributed by atoms with Gasteiger partial charge in [0, 0.05) is 11.3 Å². The fourth-order valence-corrected chi connectivity index (χ4v) is 1.51. The van der Waals surface area contributed by atoms with E-state index in [1.54, 1.807) is 18.2 Å². The van der Waals surface area contributed by atoms with E-state index in [4.69, 9.17) is 4.74 Å². The molecule has 2 rings (SSSR count). The van der Waals surface area contributed by atoms with Crippen LogP contribution in [0.25, 0.3) is 11.4 Å². The number of ether oxygens (including phenoxy) is 1. The van der Waals surface area contributed by atoms with Crippen LogP contribution in [0, 0.1) is 13.8 Å². The maximum absolute atomic E-state index is 9.49. The molecular weight excluding hydrogens is 204 g/mol. The van der Waals surface area contributed by atoms with Crippen molar-refractivity contribution < 1.29 is 9.84 Å². The molecule has 0 fully saturated rings. The number of rotatable bonds is 2. The van der Waals surface area contributed by atoms with Crippen molar-refractivity contribution in [2.75, 3.05) is 7.11 Å². The quantitative estimate of drug-likeness (QED) is 0.813. The Morgan fingerprint density at radius 3 is 2.62 bits per heavy atom. The van der Waals surface area contributed by atoms with Crippen LogP contribution in [0.3, 0.4) is 0 Å². The Morgan fingerprint density at radius 2 is 2.06 bits per heavy atom. The number of nitrogens with one attached hydrogen (secondary N) is 1. The minimum atomic E-state index is 0.131. The van der Waals surface area contributed by atoms with E-state index in [1.165, 1.54) is 7.11 Å². The number of hydrogen-bond acceptors (Lipinski definition) is 3. The highest BCUT2D eigenvalue weighted by Gasteiger charge is 2.08. The third-order valence-electron chi connectivity index (χ3n) is 2.58. The molecule has 2 N–H and O–H groups in total. The number of phenolic OH excluding ortho intramolecular Hbond substituents is 1. The third kappa shape index (κ3) is 1.74. The minimum Gasteiger partial charge on any atom is -0.504 e. The highest BCUT2D eigenvalue weighted by atomic mass is 16.5. The fraction of sp³-hybridized carbons (Fsp3) is 0.250. The number of methoxy groups -OCH3 is 1. The first-order valence-corrected chi connectivity index (χ1v) is 5.02. The summed E-state index contributed by atoms with van der Waals surface area (Å²) in [5, 5.41) is 9.49. The fourth-order valence-electron chi connectivity index (χ4n) is 1.51. The molecule has 0 saturated heterocycles. The van der Waals surface area contributed by atoms with E-state index in [0.29, 0.717) is 5.75 Å². The van der Waals surface area contributed by atoms with Gasteiger partial charge in [0.05, 0.1) is 12.8 Å². The topological polar surface area (TPSA) is 58.1 Å². The summed E-state index contributed by atoms with van der Waals surface area (Å²) in [5.41, 5.74) is 2.91. The number of aromatic hydroxyl groups is 1. The minimum absolute atomic E-state index is 0.131. The maximum Gasteiger partial charge on any atom is 0.161 e. The van der Waals surface area contributed by atoms with Gasteiger partial charge in [-0.05, 0) is 32.0 Å². The van der Waals surface area contributed by atoms with Crippen LogP contribution in [0.5, 0.6) is 11.5 Å². The smallest absolute Gasteiger partial charge is 0.161 e. The Kier molecular flexibility index (Phi) is 2.56. The van der Waals surface area contributed by atoms with Crippen molar-refractivity contribution in [1.82, 2.24) is 9.97 Å². The molecule has 1 heterocycles.